The Kier molecular flexibility index (Phi) is 5.65. The van der Waals surface area contributed by atoms with Crippen LogP contribution in [-0.4, -0.2) is 44.7 Å². The molecule has 0 N–H and O–H groups in total. The van der Waals surface area contributed by atoms with Crippen LogP contribution in [-0.2, 0) is 13.1 Å². The number of carbonyl (C=O) groups is 1. The summed E-state index contributed by atoms with van der Waals surface area (Å²) in [5, 5.41) is 17.5. The molecular weight excluding hydrogens is 356 g/mol. The fraction of sp³-hybridized carbons (Fsp3) is 0.250. The third-order valence-electron chi connectivity index (χ3n) is 4.40. The van der Waals surface area contributed by atoms with Crippen LogP contribution >= 0.6 is 0 Å². The summed E-state index contributed by atoms with van der Waals surface area (Å²) < 4.78 is 7.06. The number of carbonyl (C=O) groups excluding carboxylic acids is 1. The molecule has 1 aromatic carbocycles. The minimum absolute atomic E-state index is 0.146. The van der Waals surface area contributed by atoms with Crippen LogP contribution in [0.15, 0.2) is 42.9 Å². The third kappa shape index (κ3) is 3.69. The van der Waals surface area contributed by atoms with Gasteiger partial charge in [-0.25, -0.2) is 4.98 Å². The van der Waals surface area contributed by atoms with Crippen LogP contribution in [0.1, 0.15) is 28.7 Å². The van der Waals surface area contributed by atoms with Gasteiger partial charge in [0.05, 0.1) is 13.7 Å². The second-order valence-corrected chi connectivity index (χ2v) is 6.13. The largest absolute Gasteiger partial charge is 0.480 e. The van der Waals surface area contributed by atoms with Crippen molar-refractivity contribution in [3.05, 3.63) is 59.8 Å². The Balaban J connectivity index is 1.89. The van der Waals surface area contributed by atoms with E-state index in [-0.39, 0.29) is 11.8 Å². The number of hydrogen-bond donors (Lipinski definition) is 0. The zero-order chi connectivity index (χ0) is 20.1. The van der Waals surface area contributed by atoms with Crippen molar-refractivity contribution in [2.24, 2.45) is 0 Å². The average molecular weight is 376 g/mol. The molecular formula is C20H20N6O2. The average Bonchev–Trinajstić information content (AvgIpc) is 3.19. The highest BCUT2D eigenvalue weighted by atomic mass is 16.5. The number of hydrogen-bond acceptors (Lipinski definition) is 6. The smallest absolute Gasteiger partial charge is 0.254 e. The second-order valence-electron chi connectivity index (χ2n) is 6.13. The Bertz CT molecular complexity index is 1040. The highest BCUT2D eigenvalue weighted by molar-refractivity contribution is 5.95. The van der Waals surface area contributed by atoms with Gasteiger partial charge in [-0.1, -0.05) is 12.1 Å². The second kappa shape index (κ2) is 8.31. The lowest BCUT2D eigenvalue weighted by Gasteiger charge is -2.17. The van der Waals surface area contributed by atoms with E-state index in [9.17, 15) is 10.1 Å². The monoisotopic (exact) mass is 376 g/mol. The number of pyridine rings is 1. The SMILES string of the molecule is CCn1cnnc1CN(C)C(=O)c1cccc(-c2ccnc(OC)c2C#N)c1. The molecule has 0 aliphatic heterocycles. The first-order chi connectivity index (χ1) is 13.6. The van der Waals surface area contributed by atoms with E-state index >= 15 is 0 Å². The quantitative estimate of drug-likeness (QED) is 0.656. The lowest BCUT2D eigenvalue weighted by molar-refractivity contribution is 0.0780. The number of benzene rings is 1. The van der Waals surface area contributed by atoms with Gasteiger partial charge in [-0.15, -0.1) is 10.2 Å². The minimum Gasteiger partial charge on any atom is -0.480 e. The summed E-state index contributed by atoms with van der Waals surface area (Å²) in [4.78, 5) is 18.6. The molecule has 142 valence electrons. The number of nitriles is 1. The zero-order valence-electron chi connectivity index (χ0n) is 16.0. The van der Waals surface area contributed by atoms with Crippen LogP contribution < -0.4 is 4.74 Å². The molecule has 28 heavy (non-hydrogen) atoms. The van der Waals surface area contributed by atoms with E-state index in [1.165, 1.54) is 7.11 Å². The molecule has 3 aromatic rings. The molecule has 0 atom stereocenters. The number of amides is 1. The highest BCUT2D eigenvalue weighted by Gasteiger charge is 2.17. The van der Waals surface area contributed by atoms with Crippen LogP contribution in [0.3, 0.4) is 0 Å². The Morgan fingerprint density at radius 3 is 2.89 bits per heavy atom. The van der Waals surface area contributed by atoms with Gasteiger partial charge in [-0.3, -0.25) is 4.79 Å². The number of ether oxygens (including phenoxy) is 1. The van der Waals surface area contributed by atoms with Crippen molar-refractivity contribution in [1.82, 2.24) is 24.6 Å². The lowest BCUT2D eigenvalue weighted by Crippen LogP contribution is -2.27. The van der Waals surface area contributed by atoms with Gasteiger partial charge in [0.15, 0.2) is 5.82 Å². The first-order valence-electron chi connectivity index (χ1n) is 8.74. The molecule has 1 amide bonds. The summed E-state index contributed by atoms with van der Waals surface area (Å²) in [7, 11) is 3.19. The molecule has 0 aliphatic rings. The molecule has 2 heterocycles. The molecule has 0 radical (unpaired) electrons. The lowest BCUT2D eigenvalue weighted by atomic mass is 9.99. The van der Waals surface area contributed by atoms with Crippen molar-refractivity contribution in [2.45, 2.75) is 20.0 Å². The molecule has 0 unspecified atom stereocenters. The number of aromatic nitrogens is 4. The van der Waals surface area contributed by atoms with Crippen LogP contribution in [0, 0.1) is 11.3 Å². The van der Waals surface area contributed by atoms with E-state index in [4.69, 9.17) is 4.74 Å². The summed E-state index contributed by atoms with van der Waals surface area (Å²) in [5.41, 5.74) is 2.26. The number of methoxy groups -OCH3 is 1. The van der Waals surface area contributed by atoms with Gasteiger partial charge >= 0.3 is 0 Å². The summed E-state index contributed by atoms with van der Waals surface area (Å²) in [5.74, 6) is 0.833. The summed E-state index contributed by atoms with van der Waals surface area (Å²) in [6.07, 6.45) is 3.22. The molecule has 8 heteroatoms. The van der Waals surface area contributed by atoms with Crippen LogP contribution in [0.25, 0.3) is 11.1 Å². The van der Waals surface area contributed by atoms with Gasteiger partial charge in [0, 0.05) is 30.9 Å². The van der Waals surface area contributed by atoms with E-state index < -0.39 is 0 Å². The molecule has 2 aromatic heterocycles. The summed E-state index contributed by atoms with van der Waals surface area (Å²) >= 11 is 0. The van der Waals surface area contributed by atoms with E-state index in [1.54, 1.807) is 48.7 Å². The van der Waals surface area contributed by atoms with Gasteiger partial charge in [0.2, 0.25) is 5.88 Å². The fourth-order valence-electron chi connectivity index (χ4n) is 2.94. The van der Waals surface area contributed by atoms with Crippen molar-refractivity contribution in [2.75, 3.05) is 14.2 Å². The standard InChI is InChI=1S/C20H20N6O2/c1-4-26-13-23-24-18(26)12-25(2)20(27)15-7-5-6-14(10-15)16-8-9-22-19(28-3)17(16)11-21/h5-10,13H,4,12H2,1-3H3. The van der Waals surface area contributed by atoms with Crippen molar-refractivity contribution in [3.8, 4) is 23.1 Å². The normalized spacial score (nSPS) is 10.4. The molecule has 0 aliphatic carbocycles. The molecule has 0 saturated heterocycles. The van der Waals surface area contributed by atoms with Gasteiger partial charge in [0.1, 0.15) is 18.0 Å². The van der Waals surface area contributed by atoms with E-state index in [0.29, 0.717) is 23.2 Å². The fourth-order valence-corrected chi connectivity index (χ4v) is 2.94. The Labute approximate surface area is 163 Å². The Hall–Kier alpha value is -3.73. The van der Waals surface area contributed by atoms with Gasteiger partial charge < -0.3 is 14.2 Å². The first-order valence-corrected chi connectivity index (χ1v) is 8.74. The highest BCUT2D eigenvalue weighted by Crippen LogP contribution is 2.29. The number of nitrogens with zero attached hydrogens (tertiary/aromatic N) is 6. The number of rotatable bonds is 6. The molecule has 0 fully saturated rings. The van der Waals surface area contributed by atoms with Gasteiger partial charge in [0.25, 0.3) is 5.91 Å². The van der Waals surface area contributed by atoms with Crippen molar-refractivity contribution in [3.63, 3.8) is 0 Å². The Morgan fingerprint density at radius 1 is 1.36 bits per heavy atom. The molecule has 8 nitrogen and oxygen atoms in total. The minimum atomic E-state index is -0.146. The summed E-state index contributed by atoms with van der Waals surface area (Å²) in [6.45, 7) is 3.08. The molecule has 3 rings (SSSR count). The van der Waals surface area contributed by atoms with Crippen molar-refractivity contribution >= 4 is 5.91 Å². The van der Waals surface area contributed by atoms with E-state index in [0.717, 1.165) is 17.9 Å². The van der Waals surface area contributed by atoms with E-state index in [1.807, 2.05) is 17.6 Å². The van der Waals surface area contributed by atoms with Gasteiger partial charge in [-0.05, 0) is 30.7 Å². The molecule has 0 saturated carbocycles. The van der Waals surface area contributed by atoms with Crippen LogP contribution in [0.5, 0.6) is 5.88 Å². The summed E-state index contributed by atoms with van der Waals surface area (Å²) in [6, 6.07) is 11.0. The maximum atomic E-state index is 12.9. The topological polar surface area (TPSA) is 96.9 Å². The first kappa shape index (κ1) is 19.0. The molecule has 0 bridgehead atoms. The van der Waals surface area contributed by atoms with Gasteiger partial charge in [-0.2, -0.15) is 5.26 Å². The van der Waals surface area contributed by atoms with Crippen molar-refractivity contribution in [1.29, 1.82) is 5.26 Å². The molecule has 0 spiro atoms. The zero-order valence-corrected chi connectivity index (χ0v) is 16.0. The van der Waals surface area contributed by atoms with Crippen molar-refractivity contribution < 1.29 is 9.53 Å². The van der Waals surface area contributed by atoms with E-state index in [2.05, 4.69) is 21.3 Å². The maximum absolute atomic E-state index is 12.9. The van der Waals surface area contributed by atoms with Crippen LogP contribution in [0.4, 0.5) is 0 Å². The Morgan fingerprint density at radius 2 is 2.18 bits per heavy atom. The predicted octanol–water partition coefficient (Wildman–Crippen LogP) is 2.51. The van der Waals surface area contributed by atoms with Crippen LogP contribution in [0.2, 0.25) is 0 Å². The number of aryl methyl sites for hydroxylation is 1. The maximum Gasteiger partial charge on any atom is 0.254 e. The third-order valence-corrected chi connectivity index (χ3v) is 4.40. The predicted molar refractivity (Wildman–Crippen MR) is 102 cm³/mol.